The van der Waals surface area contributed by atoms with Gasteiger partial charge in [-0.3, -0.25) is 0 Å². The Balaban J connectivity index is 2.83. The summed E-state index contributed by atoms with van der Waals surface area (Å²) in [5.41, 5.74) is 5.65. The van der Waals surface area contributed by atoms with Crippen molar-refractivity contribution >= 4 is 10.9 Å². The van der Waals surface area contributed by atoms with Gasteiger partial charge in [-0.05, 0) is 12.1 Å². The van der Waals surface area contributed by atoms with Crippen molar-refractivity contribution in [2.24, 2.45) is 5.73 Å². The molecule has 0 atom stereocenters. The third-order valence-electron chi connectivity index (χ3n) is 2.40. The molecule has 0 fully saturated rings. The van der Waals surface area contributed by atoms with E-state index >= 15 is 0 Å². The van der Waals surface area contributed by atoms with E-state index in [0.29, 0.717) is 5.56 Å². The lowest BCUT2D eigenvalue weighted by Crippen LogP contribution is -2.04. The summed E-state index contributed by atoms with van der Waals surface area (Å²) in [4.78, 5) is 3.78. The van der Waals surface area contributed by atoms with Gasteiger partial charge in [-0.1, -0.05) is 0 Å². The van der Waals surface area contributed by atoms with E-state index < -0.39 is 17.5 Å². The summed E-state index contributed by atoms with van der Waals surface area (Å²) in [6, 6.07) is 2.30. The maximum atomic E-state index is 13.4. The predicted molar refractivity (Wildman–Crippen MR) is 56.1 cm³/mol. The Labute approximate surface area is 95.0 Å². The molecule has 0 aliphatic rings. The fourth-order valence-electron chi connectivity index (χ4n) is 1.57. The summed E-state index contributed by atoms with van der Waals surface area (Å²) in [6.45, 7) is 0.104. The van der Waals surface area contributed by atoms with Gasteiger partial charge >= 0.3 is 0 Å². The van der Waals surface area contributed by atoms with Crippen LogP contribution < -0.4 is 10.5 Å². The molecule has 1 aromatic carbocycles. The predicted octanol–water partition coefficient (Wildman–Crippen LogP) is 2.12. The van der Waals surface area contributed by atoms with Crippen LogP contribution in [-0.2, 0) is 6.54 Å². The van der Waals surface area contributed by atoms with Gasteiger partial charge in [-0.2, -0.15) is 0 Å². The molecular weight excluding hydrogens is 233 g/mol. The minimum absolute atomic E-state index is 0.102. The molecule has 0 bridgehead atoms. The number of methoxy groups -OCH3 is 1. The standard InChI is InChI=1S/C11H9F3N2O/c1-17-11-6(4-15)2-5-3-7(12)8(13)9(14)10(5)16-11/h2-3H,4,15H2,1H3. The fraction of sp³-hybridized carbons (Fsp3) is 0.182. The zero-order valence-corrected chi connectivity index (χ0v) is 8.93. The van der Waals surface area contributed by atoms with Crippen molar-refractivity contribution in [3.8, 4) is 5.88 Å². The van der Waals surface area contributed by atoms with Crippen molar-refractivity contribution in [3.05, 3.63) is 35.1 Å². The Morgan fingerprint density at radius 3 is 2.53 bits per heavy atom. The highest BCUT2D eigenvalue weighted by atomic mass is 19.2. The van der Waals surface area contributed by atoms with Crippen LogP contribution in [0.5, 0.6) is 5.88 Å². The monoisotopic (exact) mass is 242 g/mol. The van der Waals surface area contributed by atoms with E-state index in [0.717, 1.165) is 6.07 Å². The minimum Gasteiger partial charge on any atom is -0.481 e. The van der Waals surface area contributed by atoms with Gasteiger partial charge in [-0.25, -0.2) is 18.2 Å². The van der Waals surface area contributed by atoms with Crippen molar-refractivity contribution in [2.45, 2.75) is 6.54 Å². The molecule has 17 heavy (non-hydrogen) atoms. The third-order valence-corrected chi connectivity index (χ3v) is 2.40. The Kier molecular flexibility index (Phi) is 2.89. The zero-order chi connectivity index (χ0) is 12.6. The third kappa shape index (κ3) is 1.80. The molecule has 3 nitrogen and oxygen atoms in total. The average molecular weight is 242 g/mol. The summed E-state index contributed by atoms with van der Waals surface area (Å²) < 4.78 is 44.4. The zero-order valence-electron chi connectivity index (χ0n) is 8.93. The number of pyridine rings is 1. The quantitative estimate of drug-likeness (QED) is 0.820. The highest BCUT2D eigenvalue weighted by Gasteiger charge is 2.17. The van der Waals surface area contributed by atoms with Crippen LogP contribution in [0.3, 0.4) is 0 Å². The number of ether oxygens (including phenoxy) is 1. The lowest BCUT2D eigenvalue weighted by Gasteiger charge is -2.08. The van der Waals surface area contributed by atoms with Crippen LogP contribution in [0.1, 0.15) is 5.56 Å². The fourth-order valence-corrected chi connectivity index (χ4v) is 1.57. The molecular formula is C11H9F3N2O. The molecule has 0 saturated carbocycles. The maximum absolute atomic E-state index is 13.4. The number of fused-ring (bicyclic) bond motifs is 1. The second kappa shape index (κ2) is 4.21. The Bertz CT molecular complexity index is 587. The molecule has 0 amide bonds. The molecule has 1 aromatic heterocycles. The molecule has 2 N–H and O–H groups in total. The molecule has 90 valence electrons. The first-order valence-corrected chi connectivity index (χ1v) is 4.79. The molecule has 2 rings (SSSR count). The van der Waals surface area contributed by atoms with E-state index in [1.165, 1.54) is 13.2 Å². The molecule has 0 saturated heterocycles. The van der Waals surface area contributed by atoms with Crippen LogP contribution in [0.4, 0.5) is 13.2 Å². The Morgan fingerprint density at radius 1 is 1.24 bits per heavy atom. The molecule has 0 radical (unpaired) electrons. The lowest BCUT2D eigenvalue weighted by molar-refractivity contribution is 0.393. The molecule has 1 heterocycles. The van der Waals surface area contributed by atoms with Gasteiger partial charge in [0.05, 0.1) is 7.11 Å². The topological polar surface area (TPSA) is 48.1 Å². The van der Waals surface area contributed by atoms with Crippen LogP contribution in [0.25, 0.3) is 10.9 Å². The molecule has 0 unspecified atom stereocenters. The van der Waals surface area contributed by atoms with Gasteiger partial charge in [0.25, 0.3) is 0 Å². The first-order valence-electron chi connectivity index (χ1n) is 4.79. The smallest absolute Gasteiger partial charge is 0.218 e. The lowest BCUT2D eigenvalue weighted by atomic mass is 10.1. The maximum Gasteiger partial charge on any atom is 0.218 e. The number of benzene rings is 1. The van der Waals surface area contributed by atoms with Crippen LogP contribution in [0.15, 0.2) is 12.1 Å². The number of hydrogen-bond donors (Lipinski definition) is 1. The van der Waals surface area contributed by atoms with E-state index in [1.54, 1.807) is 0 Å². The minimum atomic E-state index is -1.55. The van der Waals surface area contributed by atoms with Crippen LogP contribution in [-0.4, -0.2) is 12.1 Å². The molecule has 0 aliphatic carbocycles. The number of halogens is 3. The summed E-state index contributed by atoms with van der Waals surface area (Å²) in [5.74, 6) is -4.04. The summed E-state index contributed by atoms with van der Waals surface area (Å²) >= 11 is 0. The number of nitrogens with zero attached hydrogens (tertiary/aromatic N) is 1. The van der Waals surface area contributed by atoms with E-state index in [-0.39, 0.29) is 23.3 Å². The number of rotatable bonds is 2. The first kappa shape index (κ1) is 11.7. The van der Waals surface area contributed by atoms with E-state index in [4.69, 9.17) is 10.5 Å². The van der Waals surface area contributed by atoms with Gasteiger partial charge in [0.2, 0.25) is 5.88 Å². The Hall–Kier alpha value is -1.82. The second-order valence-electron chi connectivity index (χ2n) is 3.42. The highest BCUT2D eigenvalue weighted by molar-refractivity contribution is 5.81. The average Bonchev–Trinajstić information content (AvgIpc) is 2.34. The largest absolute Gasteiger partial charge is 0.481 e. The van der Waals surface area contributed by atoms with Gasteiger partial charge in [0.1, 0.15) is 5.52 Å². The van der Waals surface area contributed by atoms with Crippen molar-refractivity contribution in [3.63, 3.8) is 0 Å². The van der Waals surface area contributed by atoms with Crippen LogP contribution >= 0.6 is 0 Å². The Morgan fingerprint density at radius 2 is 1.94 bits per heavy atom. The van der Waals surface area contributed by atoms with Crippen LogP contribution in [0, 0.1) is 17.5 Å². The van der Waals surface area contributed by atoms with E-state index in [9.17, 15) is 13.2 Å². The second-order valence-corrected chi connectivity index (χ2v) is 3.42. The van der Waals surface area contributed by atoms with Crippen molar-refractivity contribution in [1.29, 1.82) is 0 Å². The van der Waals surface area contributed by atoms with Crippen molar-refractivity contribution in [1.82, 2.24) is 4.98 Å². The van der Waals surface area contributed by atoms with Gasteiger partial charge in [-0.15, -0.1) is 0 Å². The number of aromatic nitrogens is 1. The molecule has 6 heteroatoms. The number of hydrogen-bond acceptors (Lipinski definition) is 3. The summed E-state index contributed by atoms with van der Waals surface area (Å²) in [6.07, 6.45) is 0. The normalized spacial score (nSPS) is 10.9. The number of nitrogens with two attached hydrogens (primary N) is 1. The van der Waals surface area contributed by atoms with E-state index in [1.807, 2.05) is 0 Å². The molecule has 2 aromatic rings. The summed E-state index contributed by atoms with van der Waals surface area (Å²) in [7, 11) is 1.34. The van der Waals surface area contributed by atoms with Crippen molar-refractivity contribution < 1.29 is 17.9 Å². The van der Waals surface area contributed by atoms with Crippen LogP contribution in [0.2, 0.25) is 0 Å². The van der Waals surface area contributed by atoms with Crippen molar-refractivity contribution in [2.75, 3.05) is 7.11 Å². The van der Waals surface area contributed by atoms with Gasteiger partial charge < -0.3 is 10.5 Å². The highest BCUT2D eigenvalue weighted by Crippen LogP contribution is 2.26. The SMILES string of the molecule is COc1nc2c(F)c(F)c(F)cc2cc1CN. The first-order chi connectivity index (χ1) is 8.08. The van der Waals surface area contributed by atoms with Gasteiger partial charge in [0.15, 0.2) is 17.5 Å². The van der Waals surface area contributed by atoms with E-state index in [2.05, 4.69) is 4.98 Å². The summed E-state index contributed by atoms with van der Waals surface area (Å²) in [5, 5.41) is 0.141. The molecule has 0 spiro atoms. The van der Waals surface area contributed by atoms with Gasteiger partial charge in [0, 0.05) is 17.5 Å². The molecule has 0 aliphatic heterocycles.